The van der Waals surface area contributed by atoms with Crippen LogP contribution in [0.3, 0.4) is 0 Å². The molecular weight excluding hydrogens is 731 g/mol. The zero-order valence-electron chi connectivity index (χ0n) is 38.9. The molecule has 0 saturated heterocycles. The van der Waals surface area contributed by atoms with E-state index in [0.29, 0.717) is 19.3 Å². The molecule has 0 aromatic rings. The van der Waals surface area contributed by atoms with Gasteiger partial charge in [0.05, 0.1) is 25.2 Å². The van der Waals surface area contributed by atoms with Gasteiger partial charge in [0, 0.05) is 12.8 Å². The molecule has 0 aliphatic rings. The van der Waals surface area contributed by atoms with E-state index in [1.807, 2.05) is 12.2 Å². The van der Waals surface area contributed by atoms with Crippen molar-refractivity contribution in [1.29, 1.82) is 0 Å². The molecule has 0 fully saturated rings. The van der Waals surface area contributed by atoms with Crippen LogP contribution in [0.15, 0.2) is 60.8 Å². The molecule has 0 spiro atoms. The Morgan fingerprint density at radius 1 is 0.508 bits per heavy atom. The first-order valence-corrected chi connectivity index (χ1v) is 25.0. The fourth-order valence-electron chi connectivity index (χ4n) is 7.34. The van der Waals surface area contributed by atoms with Crippen molar-refractivity contribution in [2.75, 3.05) is 6.61 Å². The van der Waals surface area contributed by atoms with Gasteiger partial charge < -0.3 is 20.3 Å². The van der Waals surface area contributed by atoms with Crippen molar-refractivity contribution in [3.05, 3.63) is 60.8 Å². The van der Waals surface area contributed by atoms with Crippen molar-refractivity contribution in [2.24, 2.45) is 0 Å². The Morgan fingerprint density at radius 2 is 0.881 bits per heavy atom. The number of carbonyl (C=O) groups is 2. The number of hydrogen-bond acceptors (Lipinski definition) is 5. The summed E-state index contributed by atoms with van der Waals surface area (Å²) < 4.78 is 5.86. The molecule has 3 atom stereocenters. The Bertz CT molecular complexity index is 1060. The van der Waals surface area contributed by atoms with E-state index in [4.69, 9.17) is 4.74 Å². The van der Waals surface area contributed by atoms with Gasteiger partial charge in [0.2, 0.25) is 5.91 Å². The van der Waals surface area contributed by atoms with Crippen LogP contribution in [0.4, 0.5) is 0 Å². The molecule has 6 heteroatoms. The monoisotopic (exact) mass is 826 g/mol. The molecule has 59 heavy (non-hydrogen) atoms. The third kappa shape index (κ3) is 42.1. The minimum Gasteiger partial charge on any atom is -0.461 e. The summed E-state index contributed by atoms with van der Waals surface area (Å²) in [4.78, 5) is 26.0. The van der Waals surface area contributed by atoms with E-state index in [9.17, 15) is 19.8 Å². The molecule has 0 aliphatic heterocycles. The highest BCUT2D eigenvalue weighted by Gasteiger charge is 2.23. The minimum absolute atomic E-state index is 0.000452. The molecule has 0 aromatic carbocycles. The summed E-state index contributed by atoms with van der Waals surface area (Å²) in [5, 5.41) is 23.7. The van der Waals surface area contributed by atoms with Crippen molar-refractivity contribution in [2.45, 2.75) is 257 Å². The molecule has 0 rings (SSSR count). The fourth-order valence-corrected chi connectivity index (χ4v) is 7.34. The third-order valence-corrected chi connectivity index (χ3v) is 11.1. The number of amides is 1. The lowest BCUT2D eigenvalue weighted by Crippen LogP contribution is -2.46. The van der Waals surface area contributed by atoms with E-state index in [-0.39, 0.29) is 24.9 Å². The van der Waals surface area contributed by atoms with Crippen molar-refractivity contribution < 1.29 is 24.5 Å². The normalized spacial score (nSPS) is 13.8. The van der Waals surface area contributed by atoms with Gasteiger partial charge in [-0.25, -0.2) is 0 Å². The van der Waals surface area contributed by atoms with Crippen LogP contribution in [0, 0.1) is 0 Å². The SMILES string of the molecule is CC/C=C\C/C=C\C/C=C\C/C=C\C/C=C\CC(CC(=O)NC(CO)C(O)CCCCCCCCCCCCCCC)OC(=O)CCCCCCCCCCCCCC. The number of unbranched alkanes of at least 4 members (excludes halogenated alkanes) is 23. The Morgan fingerprint density at radius 3 is 1.29 bits per heavy atom. The largest absolute Gasteiger partial charge is 0.461 e. The van der Waals surface area contributed by atoms with E-state index >= 15 is 0 Å². The maximum Gasteiger partial charge on any atom is 0.306 e. The molecule has 342 valence electrons. The average Bonchev–Trinajstić information content (AvgIpc) is 3.23. The maximum atomic E-state index is 13.2. The number of carbonyl (C=O) groups excluding carboxylic acids is 2. The van der Waals surface area contributed by atoms with E-state index in [1.165, 1.54) is 122 Å². The molecule has 3 unspecified atom stereocenters. The molecule has 1 amide bonds. The van der Waals surface area contributed by atoms with Gasteiger partial charge in [-0.3, -0.25) is 9.59 Å². The zero-order valence-corrected chi connectivity index (χ0v) is 38.9. The Hall–Kier alpha value is -2.44. The van der Waals surface area contributed by atoms with Crippen molar-refractivity contribution in [3.8, 4) is 0 Å². The number of nitrogens with one attached hydrogen (secondary N) is 1. The highest BCUT2D eigenvalue weighted by Crippen LogP contribution is 2.16. The Balaban J connectivity index is 4.72. The van der Waals surface area contributed by atoms with E-state index in [0.717, 1.165) is 70.6 Å². The molecule has 3 N–H and O–H groups in total. The predicted octanol–water partition coefficient (Wildman–Crippen LogP) is 14.8. The standard InChI is InChI=1S/C53H95NO5/c1-4-7-10-13-16-19-22-25-26-28-29-32-35-38-41-44-49(59-53(58)46-43-40-37-34-31-24-21-18-15-12-9-6-3)47-52(57)54-50(48-55)51(56)45-42-39-36-33-30-27-23-20-17-14-11-8-5-2/h7,10,16,19,25-26,29,32,38,41,49-51,55-56H,4-6,8-9,11-15,17-18,20-24,27-28,30-31,33-37,39-40,42-48H2,1-3H3,(H,54,57)/b10-7-,19-16-,26-25-,32-29-,41-38-. The average molecular weight is 826 g/mol. The summed E-state index contributed by atoms with van der Waals surface area (Å²) in [5.41, 5.74) is 0. The summed E-state index contributed by atoms with van der Waals surface area (Å²) >= 11 is 0. The zero-order chi connectivity index (χ0) is 43.1. The van der Waals surface area contributed by atoms with E-state index < -0.39 is 18.2 Å². The molecule has 6 nitrogen and oxygen atoms in total. The molecule has 0 radical (unpaired) electrons. The number of aliphatic hydroxyl groups excluding tert-OH is 2. The van der Waals surface area contributed by atoms with Crippen LogP contribution < -0.4 is 5.32 Å². The van der Waals surface area contributed by atoms with Gasteiger partial charge in [-0.2, -0.15) is 0 Å². The predicted molar refractivity (Wildman–Crippen MR) is 255 cm³/mol. The van der Waals surface area contributed by atoms with Crippen molar-refractivity contribution >= 4 is 11.9 Å². The summed E-state index contributed by atoms with van der Waals surface area (Å²) in [6.07, 6.45) is 57.2. The van der Waals surface area contributed by atoms with E-state index in [2.05, 4.69) is 74.7 Å². The van der Waals surface area contributed by atoms with Crippen LogP contribution in [0.2, 0.25) is 0 Å². The second kappa shape index (κ2) is 46.6. The highest BCUT2D eigenvalue weighted by atomic mass is 16.5. The smallest absolute Gasteiger partial charge is 0.306 e. The minimum atomic E-state index is -0.811. The number of rotatable bonds is 44. The number of esters is 1. The highest BCUT2D eigenvalue weighted by molar-refractivity contribution is 5.77. The first-order valence-electron chi connectivity index (χ1n) is 25.0. The van der Waals surface area contributed by atoms with Crippen LogP contribution in [0.1, 0.15) is 239 Å². The topological polar surface area (TPSA) is 95.9 Å². The van der Waals surface area contributed by atoms with Gasteiger partial charge >= 0.3 is 5.97 Å². The maximum absolute atomic E-state index is 13.2. The molecular formula is C53H95NO5. The first kappa shape index (κ1) is 56.6. The van der Waals surface area contributed by atoms with Gasteiger partial charge in [-0.05, 0) is 44.9 Å². The molecule has 0 heterocycles. The second-order valence-corrected chi connectivity index (χ2v) is 16.9. The van der Waals surface area contributed by atoms with E-state index in [1.54, 1.807) is 0 Å². The number of aliphatic hydroxyl groups is 2. The lowest BCUT2D eigenvalue weighted by molar-refractivity contribution is -0.150. The lowest BCUT2D eigenvalue weighted by Gasteiger charge is -2.24. The molecule has 0 saturated carbocycles. The number of ether oxygens (including phenoxy) is 1. The number of hydrogen-bond donors (Lipinski definition) is 3. The van der Waals surface area contributed by atoms with Crippen LogP contribution in [-0.2, 0) is 14.3 Å². The van der Waals surface area contributed by atoms with Crippen molar-refractivity contribution in [3.63, 3.8) is 0 Å². The lowest BCUT2D eigenvalue weighted by atomic mass is 10.0. The summed E-state index contributed by atoms with van der Waals surface area (Å²) in [5.74, 6) is -0.577. The van der Waals surface area contributed by atoms with Crippen LogP contribution in [0.25, 0.3) is 0 Å². The molecule has 0 bridgehead atoms. The second-order valence-electron chi connectivity index (χ2n) is 16.9. The first-order chi connectivity index (χ1) is 29.0. The van der Waals surface area contributed by atoms with Gasteiger partial charge in [-0.1, -0.05) is 236 Å². The summed E-state index contributed by atoms with van der Waals surface area (Å²) in [6, 6.07) is -0.731. The molecule has 0 aromatic heterocycles. The third-order valence-electron chi connectivity index (χ3n) is 11.1. The van der Waals surface area contributed by atoms with Gasteiger partial charge in [-0.15, -0.1) is 0 Å². The van der Waals surface area contributed by atoms with Gasteiger partial charge in [0.1, 0.15) is 6.10 Å². The summed E-state index contributed by atoms with van der Waals surface area (Å²) in [6.45, 7) is 6.33. The summed E-state index contributed by atoms with van der Waals surface area (Å²) in [7, 11) is 0. The Kier molecular flexibility index (Phi) is 44.7. The van der Waals surface area contributed by atoms with Gasteiger partial charge in [0.15, 0.2) is 0 Å². The van der Waals surface area contributed by atoms with Gasteiger partial charge in [0.25, 0.3) is 0 Å². The van der Waals surface area contributed by atoms with Crippen molar-refractivity contribution in [1.82, 2.24) is 5.32 Å². The Labute approximate surface area is 365 Å². The number of allylic oxidation sites excluding steroid dienone is 9. The van der Waals surface area contributed by atoms with Crippen LogP contribution >= 0.6 is 0 Å². The fraction of sp³-hybridized carbons (Fsp3) is 0.774. The quantitative estimate of drug-likeness (QED) is 0.0323. The van der Waals surface area contributed by atoms with Crippen LogP contribution in [0.5, 0.6) is 0 Å². The molecule has 0 aliphatic carbocycles. The van der Waals surface area contributed by atoms with Crippen LogP contribution in [-0.4, -0.2) is 46.9 Å².